The second-order valence-electron chi connectivity index (χ2n) is 2.33. The Kier molecular flexibility index (Phi) is 14.1. The van der Waals surface area contributed by atoms with Gasteiger partial charge in [0.05, 0.1) is 0 Å². The van der Waals surface area contributed by atoms with Crippen LogP contribution in [0.2, 0.25) is 0 Å². The maximum atomic E-state index is 9.47. The van der Waals surface area contributed by atoms with Crippen molar-refractivity contribution in [3.8, 4) is 0 Å². The minimum absolute atomic E-state index is 0.213. The Bertz CT molecular complexity index is 103. The first-order valence-electron chi connectivity index (χ1n) is 3.96. The molecule has 0 amide bonds. The van der Waals surface area contributed by atoms with Gasteiger partial charge in [0.2, 0.25) is 0 Å². The highest BCUT2D eigenvalue weighted by Gasteiger charge is 2.04. The number of hydrogen-bond donors (Lipinski definition) is 2. The average molecular weight is 295 g/mol. The third kappa shape index (κ3) is 12.0. The van der Waals surface area contributed by atoms with Crippen molar-refractivity contribution in [3.63, 3.8) is 0 Å². The van der Waals surface area contributed by atoms with Gasteiger partial charge in [0.25, 0.3) is 0 Å². The first kappa shape index (κ1) is 15.1. The summed E-state index contributed by atoms with van der Waals surface area (Å²) in [7, 11) is 7.84. The van der Waals surface area contributed by atoms with Crippen LogP contribution in [-0.4, -0.2) is 10.5 Å². The molecule has 0 rings (SSSR count). The zero-order valence-corrected chi connectivity index (χ0v) is 12.3. The van der Waals surface area contributed by atoms with Gasteiger partial charge in [-0.1, -0.05) is 31.4 Å². The van der Waals surface area contributed by atoms with Crippen molar-refractivity contribution < 1.29 is 5.11 Å². The second-order valence-corrected chi connectivity index (χ2v) is 10.9. The zero-order valence-electron chi connectivity index (χ0n) is 7.34. The lowest BCUT2D eigenvalue weighted by Gasteiger charge is -2.07. The summed E-state index contributed by atoms with van der Waals surface area (Å²) in [5.41, 5.74) is -0.213. The van der Waals surface area contributed by atoms with Crippen molar-refractivity contribution >= 4 is 61.8 Å². The summed E-state index contributed by atoms with van der Waals surface area (Å²) in [6, 6.07) is 0. The standard InChI is InChI=1S/C6H14OS6/c1-2-3-4-5-6(7)9-11-13-12-10-8/h6-8H,2-5H2,1H3. The molecule has 0 radical (unpaired) electrons. The number of thiol groups is 1. The van der Waals surface area contributed by atoms with E-state index < -0.39 is 0 Å². The molecular formula is C6H14OS6. The van der Waals surface area contributed by atoms with Gasteiger partial charge >= 0.3 is 0 Å². The topological polar surface area (TPSA) is 20.2 Å². The predicted molar refractivity (Wildman–Crippen MR) is 77.1 cm³/mol. The first-order chi connectivity index (χ1) is 6.31. The third-order valence-corrected chi connectivity index (χ3v) is 10.3. The summed E-state index contributed by atoms with van der Waals surface area (Å²) in [6.45, 7) is 2.17. The molecule has 1 N–H and O–H groups in total. The molecule has 0 spiro atoms. The fourth-order valence-electron chi connectivity index (χ4n) is 0.702. The molecule has 0 aromatic heterocycles. The molecule has 0 aromatic rings. The van der Waals surface area contributed by atoms with Crippen LogP contribution in [0.4, 0.5) is 0 Å². The van der Waals surface area contributed by atoms with Crippen molar-refractivity contribution in [2.24, 2.45) is 0 Å². The molecule has 0 aliphatic heterocycles. The van der Waals surface area contributed by atoms with E-state index in [1.54, 1.807) is 29.5 Å². The molecule has 0 heterocycles. The van der Waals surface area contributed by atoms with Crippen LogP contribution in [0.1, 0.15) is 32.6 Å². The minimum atomic E-state index is -0.213. The number of aliphatic hydroxyl groups is 1. The summed E-state index contributed by atoms with van der Waals surface area (Å²) in [4.78, 5) is 0. The van der Waals surface area contributed by atoms with Gasteiger partial charge in [0, 0.05) is 0 Å². The van der Waals surface area contributed by atoms with Gasteiger partial charge in [-0.15, -0.1) is 0 Å². The van der Waals surface area contributed by atoms with Crippen LogP contribution in [0.3, 0.4) is 0 Å². The molecule has 13 heavy (non-hydrogen) atoms. The van der Waals surface area contributed by atoms with E-state index in [1.165, 1.54) is 33.5 Å². The Balaban J connectivity index is 3.05. The molecule has 1 unspecified atom stereocenters. The molecule has 1 nitrogen and oxygen atoms in total. The highest BCUT2D eigenvalue weighted by atomic mass is 33.9. The smallest absolute Gasteiger partial charge is 0.110 e. The predicted octanol–water partition coefficient (Wildman–Crippen LogP) is 5.06. The van der Waals surface area contributed by atoms with E-state index in [2.05, 4.69) is 18.6 Å². The lowest BCUT2D eigenvalue weighted by atomic mass is 10.2. The largest absolute Gasteiger partial charge is 0.382 e. The molecule has 7 heteroatoms. The van der Waals surface area contributed by atoms with Crippen LogP contribution in [0.25, 0.3) is 0 Å². The summed E-state index contributed by atoms with van der Waals surface area (Å²) in [5, 5.41) is 9.47. The van der Waals surface area contributed by atoms with Gasteiger partial charge in [-0.3, -0.25) is 0 Å². The molecule has 0 saturated carbocycles. The number of hydrogen-bond acceptors (Lipinski definition) is 7. The van der Waals surface area contributed by atoms with Crippen molar-refractivity contribution in [1.29, 1.82) is 0 Å². The van der Waals surface area contributed by atoms with Gasteiger partial charge in [0.15, 0.2) is 0 Å². The van der Waals surface area contributed by atoms with E-state index in [4.69, 9.17) is 0 Å². The van der Waals surface area contributed by atoms with Crippen molar-refractivity contribution in [2.45, 2.75) is 38.0 Å². The Morgan fingerprint density at radius 3 is 2.62 bits per heavy atom. The number of rotatable bonds is 9. The molecule has 0 fully saturated rings. The molecule has 0 bridgehead atoms. The highest BCUT2D eigenvalue weighted by molar-refractivity contribution is 9.41. The van der Waals surface area contributed by atoms with Crippen molar-refractivity contribution in [3.05, 3.63) is 0 Å². The summed E-state index contributed by atoms with van der Waals surface area (Å²) < 4.78 is 0. The van der Waals surface area contributed by atoms with E-state index in [9.17, 15) is 5.11 Å². The van der Waals surface area contributed by atoms with Crippen LogP contribution < -0.4 is 0 Å². The lowest BCUT2D eigenvalue weighted by Crippen LogP contribution is -1.97. The SMILES string of the molecule is CCCCCC(O)SSSSSS. The molecule has 0 aromatic carbocycles. The Morgan fingerprint density at radius 2 is 2.00 bits per heavy atom. The molecule has 0 aliphatic carbocycles. The Hall–Kier alpha value is 2.06. The van der Waals surface area contributed by atoms with Crippen LogP contribution >= 0.6 is 61.8 Å². The zero-order chi connectivity index (χ0) is 9.94. The van der Waals surface area contributed by atoms with E-state index in [-0.39, 0.29) is 5.44 Å². The summed E-state index contributed by atoms with van der Waals surface area (Å²) >= 11 is 3.99. The van der Waals surface area contributed by atoms with E-state index in [0.29, 0.717) is 0 Å². The molecule has 80 valence electrons. The van der Waals surface area contributed by atoms with Crippen LogP contribution in [0, 0.1) is 0 Å². The number of unbranched alkanes of at least 4 members (excludes halogenated alkanes) is 2. The Labute approximate surface area is 104 Å². The third-order valence-electron chi connectivity index (χ3n) is 1.29. The Morgan fingerprint density at radius 1 is 1.23 bits per heavy atom. The van der Waals surface area contributed by atoms with E-state index >= 15 is 0 Å². The molecular weight excluding hydrogens is 280 g/mol. The van der Waals surface area contributed by atoms with Crippen molar-refractivity contribution in [1.82, 2.24) is 0 Å². The van der Waals surface area contributed by atoms with Gasteiger partial charge < -0.3 is 5.11 Å². The maximum absolute atomic E-state index is 9.47. The maximum Gasteiger partial charge on any atom is 0.110 e. The van der Waals surface area contributed by atoms with Crippen LogP contribution in [0.15, 0.2) is 0 Å². The number of aliphatic hydroxyl groups excluding tert-OH is 1. The van der Waals surface area contributed by atoms with Crippen LogP contribution in [0.5, 0.6) is 0 Å². The molecule has 0 saturated heterocycles. The fraction of sp³-hybridized carbons (Fsp3) is 1.00. The summed E-state index contributed by atoms with van der Waals surface area (Å²) in [6.07, 6.45) is 4.47. The molecule has 1 atom stereocenters. The fourth-order valence-corrected chi connectivity index (χ4v) is 9.47. The second kappa shape index (κ2) is 12.1. The average Bonchev–Trinajstić information content (AvgIpc) is 2.13. The van der Waals surface area contributed by atoms with E-state index in [0.717, 1.165) is 12.8 Å². The summed E-state index contributed by atoms with van der Waals surface area (Å²) in [5.74, 6) is 0. The lowest BCUT2D eigenvalue weighted by molar-refractivity contribution is 0.249. The molecule has 0 aliphatic rings. The van der Waals surface area contributed by atoms with E-state index in [1.807, 2.05) is 0 Å². The van der Waals surface area contributed by atoms with Crippen LogP contribution in [-0.2, 0) is 0 Å². The van der Waals surface area contributed by atoms with Gasteiger partial charge in [-0.2, -0.15) is 0 Å². The highest BCUT2D eigenvalue weighted by Crippen LogP contribution is 2.50. The van der Waals surface area contributed by atoms with Gasteiger partial charge in [-0.25, -0.2) is 0 Å². The van der Waals surface area contributed by atoms with Crippen molar-refractivity contribution in [2.75, 3.05) is 0 Å². The first-order valence-corrected chi connectivity index (χ1v) is 11.2. The normalized spacial score (nSPS) is 13.2. The quantitative estimate of drug-likeness (QED) is 0.266. The minimum Gasteiger partial charge on any atom is -0.382 e. The monoisotopic (exact) mass is 294 g/mol. The van der Waals surface area contributed by atoms with Gasteiger partial charge in [-0.05, 0) is 62.9 Å². The van der Waals surface area contributed by atoms with Gasteiger partial charge in [0.1, 0.15) is 5.44 Å².